The van der Waals surface area contributed by atoms with Gasteiger partial charge in [0.2, 0.25) is 0 Å². The van der Waals surface area contributed by atoms with Crippen LogP contribution in [0.15, 0.2) is 9.47 Å². The van der Waals surface area contributed by atoms with Crippen molar-refractivity contribution in [2.45, 2.75) is 39.5 Å². The Morgan fingerprint density at radius 2 is 1.93 bits per heavy atom. The van der Waals surface area contributed by atoms with Crippen molar-refractivity contribution in [1.82, 2.24) is 0 Å². The molecule has 84 valence electrons. The summed E-state index contributed by atoms with van der Waals surface area (Å²) in [6.45, 7) is 5.49. The average molecular weight is 328 g/mol. The fourth-order valence-corrected chi connectivity index (χ4v) is 1.63. The lowest BCUT2D eigenvalue weighted by molar-refractivity contribution is 0.186. The molecular weight excluding hydrogens is 308 g/mol. The predicted octanol–water partition coefficient (Wildman–Crippen LogP) is 4.85. The first kappa shape index (κ1) is 14.7. The lowest BCUT2D eigenvalue weighted by atomic mass is 9.84. The number of halogens is 2. The first-order chi connectivity index (χ1) is 6.48. The second-order valence-corrected chi connectivity index (χ2v) is 7.08. The van der Waals surface area contributed by atoms with Crippen molar-refractivity contribution in [3.63, 3.8) is 0 Å². The summed E-state index contributed by atoms with van der Waals surface area (Å²) < 4.78 is 6.08. The molecule has 0 aliphatic rings. The van der Waals surface area contributed by atoms with E-state index in [0.29, 0.717) is 5.41 Å². The fraction of sp³-hybridized carbons (Fsp3) is 0.818. The van der Waals surface area contributed by atoms with Gasteiger partial charge in [0.25, 0.3) is 0 Å². The lowest BCUT2D eigenvalue weighted by Crippen LogP contribution is -2.10. The van der Waals surface area contributed by atoms with Gasteiger partial charge in [-0.25, -0.2) is 0 Å². The molecule has 0 aromatic heterocycles. The van der Waals surface area contributed by atoms with E-state index in [2.05, 4.69) is 51.8 Å². The number of hydrogen-bond donors (Lipinski definition) is 0. The Kier molecular flexibility index (Phi) is 8.26. The average Bonchev–Trinajstić information content (AvgIpc) is 2.10. The molecule has 0 atom stereocenters. The summed E-state index contributed by atoms with van der Waals surface area (Å²) in [5.41, 5.74) is 0.389. The summed E-state index contributed by atoms with van der Waals surface area (Å²) >= 11 is 6.76. The van der Waals surface area contributed by atoms with Crippen molar-refractivity contribution in [2.24, 2.45) is 5.41 Å². The third kappa shape index (κ3) is 9.22. The number of methoxy groups -OCH3 is 1. The van der Waals surface area contributed by atoms with Gasteiger partial charge in [0.15, 0.2) is 0 Å². The summed E-state index contributed by atoms with van der Waals surface area (Å²) in [4.78, 5) is 0. The summed E-state index contributed by atoms with van der Waals surface area (Å²) in [5, 5.41) is 0. The molecule has 3 heteroatoms. The minimum atomic E-state index is 0.389. The largest absolute Gasteiger partial charge is 0.385 e. The fourth-order valence-electron chi connectivity index (χ4n) is 1.31. The van der Waals surface area contributed by atoms with Gasteiger partial charge >= 0.3 is 0 Å². The van der Waals surface area contributed by atoms with Crippen LogP contribution in [0.2, 0.25) is 0 Å². The van der Waals surface area contributed by atoms with E-state index in [1.165, 1.54) is 19.3 Å². The molecule has 0 saturated heterocycles. The van der Waals surface area contributed by atoms with E-state index in [9.17, 15) is 0 Å². The highest BCUT2D eigenvalue weighted by molar-refractivity contribution is 9.28. The monoisotopic (exact) mass is 326 g/mol. The van der Waals surface area contributed by atoms with Crippen molar-refractivity contribution in [3.8, 4) is 0 Å². The highest BCUT2D eigenvalue weighted by atomic mass is 79.9. The molecule has 0 N–H and O–H groups in total. The molecule has 0 saturated carbocycles. The molecule has 0 fully saturated rings. The Bertz CT molecular complexity index is 172. The van der Waals surface area contributed by atoms with Crippen molar-refractivity contribution in [3.05, 3.63) is 9.47 Å². The van der Waals surface area contributed by atoms with Crippen LogP contribution >= 0.6 is 31.9 Å². The van der Waals surface area contributed by atoms with E-state index in [0.717, 1.165) is 16.4 Å². The SMILES string of the molecule is COCCCCC(C)(C)CC=C(Br)Br. The van der Waals surface area contributed by atoms with Crippen molar-refractivity contribution >= 4 is 31.9 Å². The molecule has 0 bridgehead atoms. The van der Waals surface area contributed by atoms with Gasteiger partial charge in [0.05, 0.1) is 3.39 Å². The third-order valence-electron chi connectivity index (χ3n) is 2.26. The first-order valence-corrected chi connectivity index (χ1v) is 6.56. The Balaban J connectivity index is 3.66. The normalized spacial score (nSPS) is 11.5. The van der Waals surface area contributed by atoms with Crippen LogP contribution in [0.5, 0.6) is 0 Å². The van der Waals surface area contributed by atoms with E-state index in [4.69, 9.17) is 4.74 Å². The molecule has 0 aliphatic heterocycles. The van der Waals surface area contributed by atoms with Gasteiger partial charge in [-0.1, -0.05) is 26.3 Å². The standard InChI is InChI=1S/C11H20Br2O/c1-11(2,8-6-10(12)13)7-4-5-9-14-3/h6H,4-5,7-9H2,1-3H3. The number of ether oxygens (including phenoxy) is 1. The molecule has 0 unspecified atom stereocenters. The summed E-state index contributed by atoms with van der Waals surface area (Å²) in [7, 11) is 1.76. The zero-order valence-corrected chi connectivity index (χ0v) is 12.4. The predicted molar refractivity (Wildman–Crippen MR) is 70.1 cm³/mol. The zero-order chi connectivity index (χ0) is 11.0. The maximum absolute atomic E-state index is 5.03. The Labute approximate surface area is 105 Å². The van der Waals surface area contributed by atoms with Gasteiger partial charge in [0.1, 0.15) is 0 Å². The lowest BCUT2D eigenvalue weighted by Gasteiger charge is -2.22. The van der Waals surface area contributed by atoms with E-state index in [1.807, 2.05) is 0 Å². The topological polar surface area (TPSA) is 9.23 Å². The molecule has 0 heterocycles. The van der Waals surface area contributed by atoms with E-state index >= 15 is 0 Å². The molecule has 0 aliphatic carbocycles. The highest BCUT2D eigenvalue weighted by Gasteiger charge is 2.15. The Morgan fingerprint density at radius 3 is 2.43 bits per heavy atom. The van der Waals surface area contributed by atoms with Crippen LogP contribution in [0.25, 0.3) is 0 Å². The molecule has 1 nitrogen and oxygen atoms in total. The molecule has 0 aromatic rings. The molecule has 0 aromatic carbocycles. The van der Waals surface area contributed by atoms with Crippen LogP contribution in [0.1, 0.15) is 39.5 Å². The maximum atomic E-state index is 5.03. The number of rotatable bonds is 7. The van der Waals surface area contributed by atoms with E-state index in [1.54, 1.807) is 7.11 Å². The first-order valence-electron chi connectivity index (χ1n) is 4.98. The smallest absolute Gasteiger partial charge is 0.0564 e. The molecule has 0 amide bonds. The van der Waals surface area contributed by atoms with Gasteiger partial charge in [-0.3, -0.25) is 0 Å². The van der Waals surface area contributed by atoms with Crippen LogP contribution < -0.4 is 0 Å². The number of allylic oxidation sites excluding steroid dienone is 1. The highest BCUT2D eigenvalue weighted by Crippen LogP contribution is 2.30. The molecule has 0 radical (unpaired) electrons. The van der Waals surface area contributed by atoms with Crippen LogP contribution in [0.4, 0.5) is 0 Å². The van der Waals surface area contributed by atoms with Crippen molar-refractivity contribution in [2.75, 3.05) is 13.7 Å². The van der Waals surface area contributed by atoms with E-state index in [-0.39, 0.29) is 0 Å². The Hall–Kier alpha value is 0.660. The van der Waals surface area contributed by atoms with Gasteiger partial charge < -0.3 is 4.74 Å². The van der Waals surface area contributed by atoms with Gasteiger partial charge in [0, 0.05) is 13.7 Å². The van der Waals surface area contributed by atoms with Crippen LogP contribution in [0, 0.1) is 5.41 Å². The van der Waals surface area contributed by atoms with Crippen molar-refractivity contribution < 1.29 is 4.74 Å². The minimum absolute atomic E-state index is 0.389. The second-order valence-electron chi connectivity index (χ2n) is 4.31. The van der Waals surface area contributed by atoms with Gasteiger partial charge in [-0.15, -0.1) is 0 Å². The third-order valence-corrected chi connectivity index (χ3v) is 2.91. The van der Waals surface area contributed by atoms with Gasteiger partial charge in [-0.2, -0.15) is 0 Å². The van der Waals surface area contributed by atoms with Crippen LogP contribution in [-0.4, -0.2) is 13.7 Å². The second kappa shape index (κ2) is 7.89. The minimum Gasteiger partial charge on any atom is -0.385 e. The maximum Gasteiger partial charge on any atom is 0.0564 e. The number of unbranched alkanes of at least 4 members (excludes halogenated alkanes) is 1. The van der Waals surface area contributed by atoms with Gasteiger partial charge in [-0.05, 0) is 56.5 Å². The van der Waals surface area contributed by atoms with E-state index < -0.39 is 0 Å². The van der Waals surface area contributed by atoms with Crippen LogP contribution in [0.3, 0.4) is 0 Å². The summed E-state index contributed by atoms with van der Waals surface area (Å²) in [6.07, 6.45) is 6.94. The molecular formula is C11H20Br2O. The zero-order valence-electron chi connectivity index (χ0n) is 9.28. The summed E-state index contributed by atoms with van der Waals surface area (Å²) in [6, 6.07) is 0. The quantitative estimate of drug-likeness (QED) is 0.607. The summed E-state index contributed by atoms with van der Waals surface area (Å²) in [5.74, 6) is 0. The Morgan fingerprint density at radius 1 is 1.29 bits per heavy atom. The van der Waals surface area contributed by atoms with Crippen LogP contribution in [-0.2, 0) is 4.74 Å². The molecule has 14 heavy (non-hydrogen) atoms. The molecule has 0 spiro atoms. The molecule has 0 rings (SSSR count). The van der Waals surface area contributed by atoms with Crippen molar-refractivity contribution in [1.29, 1.82) is 0 Å². The number of hydrogen-bond acceptors (Lipinski definition) is 1.